The predicted molar refractivity (Wildman–Crippen MR) is 77.2 cm³/mol. The Morgan fingerprint density at radius 3 is 2.79 bits per heavy atom. The number of nitrogens with two attached hydrogens (primary N) is 2. The number of methoxy groups -OCH3 is 1. The van der Waals surface area contributed by atoms with E-state index in [2.05, 4.69) is 10.2 Å². The summed E-state index contributed by atoms with van der Waals surface area (Å²) in [4.78, 5) is 0. The quantitative estimate of drug-likeness (QED) is 0.259. The van der Waals surface area contributed by atoms with Gasteiger partial charge >= 0.3 is 0 Å². The smallest absolute Gasteiger partial charge is 0.211 e. The van der Waals surface area contributed by atoms with E-state index in [4.69, 9.17) is 32.5 Å². The van der Waals surface area contributed by atoms with E-state index >= 15 is 0 Å². The van der Waals surface area contributed by atoms with E-state index in [-0.39, 0.29) is 5.96 Å². The predicted octanol–water partition coefficient (Wildman–Crippen LogP) is 1.31. The lowest BCUT2D eigenvalue weighted by Gasteiger charge is -2.10. The van der Waals surface area contributed by atoms with Crippen molar-refractivity contribution in [1.29, 1.82) is 0 Å². The number of guanidine groups is 1. The fraction of sp³-hybridized carbons (Fsp3) is 0.333. The van der Waals surface area contributed by atoms with E-state index in [1.807, 2.05) is 6.07 Å². The van der Waals surface area contributed by atoms with Crippen molar-refractivity contribution in [2.75, 3.05) is 19.6 Å². The van der Waals surface area contributed by atoms with Gasteiger partial charge in [0, 0.05) is 5.88 Å². The largest absolute Gasteiger partial charge is 0.493 e. The summed E-state index contributed by atoms with van der Waals surface area (Å²) in [6, 6.07) is 5.39. The van der Waals surface area contributed by atoms with Crippen molar-refractivity contribution >= 4 is 23.8 Å². The summed E-state index contributed by atoms with van der Waals surface area (Å²) in [5.74, 6) is 1.73. The molecule has 0 unspecified atom stereocenters. The first-order chi connectivity index (χ1) is 9.17. The second-order valence-electron chi connectivity index (χ2n) is 3.57. The van der Waals surface area contributed by atoms with Gasteiger partial charge < -0.3 is 20.9 Å². The van der Waals surface area contributed by atoms with Crippen LogP contribution in [0.4, 0.5) is 0 Å². The van der Waals surface area contributed by atoms with E-state index in [0.29, 0.717) is 24.0 Å². The van der Waals surface area contributed by atoms with E-state index in [0.717, 1.165) is 12.0 Å². The Morgan fingerprint density at radius 1 is 1.37 bits per heavy atom. The van der Waals surface area contributed by atoms with E-state index in [9.17, 15) is 0 Å². The van der Waals surface area contributed by atoms with Crippen molar-refractivity contribution in [1.82, 2.24) is 0 Å². The van der Waals surface area contributed by atoms with Gasteiger partial charge in [0.2, 0.25) is 5.96 Å². The summed E-state index contributed by atoms with van der Waals surface area (Å²) in [5.41, 5.74) is 11.1. The zero-order chi connectivity index (χ0) is 14.1. The van der Waals surface area contributed by atoms with Crippen molar-refractivity contribution in [2.45, 2.75) is 6.42 Å². The monoisotopic (exact) mass is 284 g/mol. The first-order valence-corrected chi connectivity index (χ1v) is 6.19. The van der Waals surface area contributed by atoms with Gasteiger partial charge in [0.1, 0.15) is 0 Å². The Balaban J connectivity index is 2.82. The number of rotatable bonds is 7. The SMILES string of the molecule is COc1ccc(C=NN=C(N)N)cc1OCCCCl. The fourth-order valence-electron chi connectivity index (χ4n) is 1.29. The molecule has 0 heterocycles. The summed E-state index contributed by atoms with van der Waals surface area (Å²) in [6.45, 7) is 0.522. The number of benzene rings is 1. The van der Waals surface area contributed by atoms with Gasteiger partial charge in [0.25, 0.3) is 0 Å². The molecule has 1 aromatic carbocycles. The number of ether oxygens (including phenoxy) is 2. The summed E-state index contributed by atoms with van der Waals surface area (Å²) in [6.07, 6.45) is 2.28. The molecular formula is C12H17ClN4O2. The first-order valence-electron chi connectivity index (χ1n) is 5.66. The molecule has 0 aliphatic heterocycles. The Kier molecular flexibility index (Phi) is 6.52. The molecule has 1 rings (SSSR count). The van der Waals surface area contributed by atoms with E-state index < -0.39 is 0 Å². The molecule has 19 heavy (non-hydrogen) atoms. The minimum absolute atomic E-state index is 0.0941. The van der Waals surface area contributed by atoms with Crippen molar-refractivity contribution in [3.63, 3.8) is 0 Å². The van der Waals surface area contributed by atoms with Crippen LogP contribution in [0.5, 0.6) is 11.5 Å². The second kappa shape index (κ2) is 8.20. The minimum atomic E-state index is -0.0941. The molecule has 0 spiro atoms. The van der Waals surface area contributed by atoms with Crippen LogP contribution in [0.3, 0.4) is 0 Å². The van der Waals surface area contributed by atoms with Crippen LogP contribution in [0.15, 0.2) is 28.4 Å². The molecule has 0 radical (unpaired) electrons. The van der Waals surface area contributed by atoms with Crippen LogP contribution in [0.2, 0.25) is 0 Å². The maximum atomic E-state index is 5.60. The molecule has 0 aliphatic rings. The minimum Gasteiger partial charge on any atom is -0.493 e. The van der Waals surface area contributed by atoms with Crippen molar-refractivity contribution in [3.05, 3.63) is 23.8 Å². The van der Waals surface area contributed by atoms with E-state index in [1.54, 1.807) is 19.2 Å². The highest BCUT2D eigenvalue weighted by molar-refractivity contribution is 6.17. The molecule has 0 aromatic heterocycles. The van der Waals surface area contributed by atoms with Gasteiger partial charge in [-0.1, -0.05) is 0 Å². The number of hydrogen-bond donors (Lipinski definition) is 2. The topological polar surface area (TPSA) is 95.2 Å². The van der Waals surface area contributed by atoms with Gasteiger partial charge in [0.15, 0.2) is 11.5 Å². The molecule has 4 N–H and O–H groups in total. The summed E-state index contributed by atoms with van der Waals surface area (Å²) < 4.78 is 10.8. The zero-order valence-electron chi connectivity index (χ0n) is 10.7. The molecule has 0 aliphatic carbocycles. The first kappa shape index (κ1) is 15.1. The van der Waals surface area contributed by atoms with Crippen LogP contribution in [0.25, 0.3) is 0 Å². The average Bonchev–Trinajstić information content (AvgIpc) is 2.39. The van der Waals surface area contributed by atoms with Crippen LogP contribution in [-0.4, -0.2) is 31.8 Å². The highest BCUT2D eigenvalue weighted by atomic mass is 35.5. The summed E-state index contributed by atoms with van der Waals surface area (Å²) >= 11 is 5.60. The van der Waals surface area contributed by atoms with Gasteiger partial charge in [-0.15, -0.1) is 16.7 Å². The third kappa shape index (κ3) is 5.48. The molecular weight excluding hydrogens is 268 g/mol. The second-order valence-corrected chi connectivity index (χ2v) is 3.95. The van der Waals surface area contributed by atoms with Crippen LogP contribution in [-0.2, 0) is 0 Å². The molecule has 0 fully saturated rings. The van der Waals surface area contributed by atoms with Gasteiger partial charge in [-0.2, -0.15) is 5.10 Å². The lowest BCUT2D eigenvalue weighted by atomic mass is 10.2. The zero-order valence-corrected chi connectivity index (χ0v) is 11.4. The highest BCUT2D eigenvalue weighted by Gasteiger charge is 2.04. The fourth-order valence-corrected chi connectivity index (χ4v) is 1.39. The molecule has 0 bridgehead atoms. The molecule has 0 atom stereocenters. The Hall–Kier alpha value is -1.95. The molecule has 104 valence electrons. The van der Waals surface area contributed by atoms with Crippen molar-refractivity contribution in [3.8, 4) is 11.5 Å². The number of halogens is 1. The maximum absolute atomic E-state index is 5.60. The summed E-state index contributed by atoms with van der Waals surface area (Å²) in [5, 5.41) is 7.25. The molecule has 7 heteroatoms. The van der Waals surface area contributed by atoms with Crippen LogP contribution in [0, 0.1) is 0 Å². The molecule has 0 amide bonds. The number of alkyl halides is 1. The third-order valence-corrected chi connectivity index (χ3v) is 2.37. The molecule has 6 nitrogen and oxygen atoms in total. The highest BCUT2D eigenvalue weighted by Crippen LogP contribution is 2.27. The van der Waals surface area contributed by atoms with Gasteiger partial charge in [-0.3, -0.25) is 0 Å². The van der Waals surface area contributed by atoms with Crippen LogP contribution >= 0.6 is 11.6 Å². The Morgan fingerprint density at radius 2 is 2.16 bits per heavy atom. The van der Waals surface area contributed by atoms with Gasteiger partial charge in [-0.25, -0.2) is 0 Å². The van der Waals surface area contributed by atoms with Crippen LogP contribution in [0.1, 0.15) is 12.0 Å². The molecule has 0 saturated carbocycles. The molecule has 0 saturated heterocycles. The van der Waals surface area contributed by atoms with E-state index in [1.165, 1.54) is 6.21 Å². The summed E-state index contributed by atoms with van der Waals surface area (Å²) in [7, 11) is 1.58. The van der Waals surface area contributed by atoms with Crippen molar-refractivity contribution < 1.29 is 9.47 Å². The number of nitrogens with zero attached hydrogens (tertiary/aromatic N) is 2. The number of hydrogen-bond acceptors (Lipinski definition) is 4. The maximum Gasteiger partial charge on any atom is 0.211 e. The lowest BCUT2D eigenvalue weighted by molar-refractivity contribution is 0.295. The van der Waals surface area contributed by atoms with Crippen molar-refractivity contribution in [2.24, 2.45) is 21.7 Å². The normalized spacial score (nSPS) is 10.4. The van der Waals surface area contributed by atoms with Gasteiger partial charge in [0.05, 0.1) is 19.9 Å². The molecule has 1 aromatic rings. The standard InChI is InChI=1S/C12H17ClN4O2/c1-18-10-4-3-9(8-16-17-12(14)15)7-11(10)19-6-2-5-13/h3-4,7-8H,2,5-6H2,1H3,(H4,14,15,17). The Labute approximate surface area is 117 Å². The van der Waals surface area contributed by atoms with Crippen LogP contribution < -0.4 is 20.9 Å². The third-order valence-electron chi connectivity index (χ3n) is 2.10. The van der Waals surface area contributed by atoms with Gasteiger partial charge in [-0.05, 0) is 30.2 Å². The lowest BCUT2D eigenvalue weighted by Crippen LogP contribution is -2.21. The average molecular weight is 285 g/mol. The Bertz CT molecular complexity index is 459.